The van der Waals surface area contributed by atoms with Gasteiger partial charge in [0.25, 0.3) is 0 Å². The van der Waals surface area contributed by atoms with Crippen molar-refractivity contribution in [2.75, 3.05) is 19.6 Å². The molecule has 1 aromatic carbocycles. The predicted octanol–water partition coefficient (Wildman–Crippen LogP) is 3.07. The topological polar surface area (TPSA) is 20.3 Å². The van der Waals surface area contributed by atoms with Crippen LogP contribution in [0.15, 0.2) is 30.3 Å². The molecule has 3 rings (SSSR count). The second-order valence-corrected chi connectivity index (χ2v) is 7.38. The van der Waals surface area contributed by atoms with Crippen molar-refractivity contribution in [2.24, 2.45) is 0 Å². The minimum absolute atomic E-state index is 0.260. The zero-order chi connectivity index (χ0) is 13.3. The van der Waals surface area contributed by atoms with Crippen LogP contribution in [0, 0.1) is 0 Å². The zero-order valence-electron chi connectivity index (χ0n) is 11.5. The second-order valence-electron chi connectivity index (χ2n) is 5.90. The first-order valence-corrected chi connectivity index (χ1v) is 8.01. The molecular formula is C16H21NOS. The van der Waals surface area contributed by atoms with Crippen LogP contribution in [0.3, 0.4) is 0 Å². The average Bonchev–Trinajstić information content (AvgIpc) is 3.05. The summed E-state index contributed by atoms with van der Waals surface area (Å²) in [5.41, 5.74) is 1.91. The van der Waals surface area contributed by atoms with Crippen LogP contribution >= 0.6 is 11.8 Å². The number of likely N-dealkylation sites (tertiary alicyclic amines) is 1. The van der Waals surface area contributed by atoms with Crippen LogP contribution in [0.1, 0.15) is 31.7 Å². The number of carbonyl (C=O) groups is 1. The van der Waals surface area contributed by atoms with Gasteiger partial charge in [0.15, 0.2) is 5.12 Å². The van der Waals surface area contributed by atoms with E-state index in [4.69, 9.17) is 0 Å². The number of hydrogen-bond acceptors (Lipinski definition) is 3. The lowest BCUT2D eigenvalue weighted by molar-refractivity contribution is -0.109. The Hall–Kier alpha value is -0.800. The Bertz CT molecular complexity index is 455. The van der Waals surface area contributed by atoms with E-state index in [9.17, 15) is 4.79 Å². The number of rotatable bonds is 4. The summed E-state index contributed by atoms with van der Waals surface area (Å²) in [5, 5.41) is 0.778. The highest BCUT2D eigenvalue weighted by atomic mass is 32.2. The third-order valence-corrected chi connectivity index (χ3v) is 5.38. The molecule has 0 spiro atoms. The fraction of sp³-hybridized carbons (Fsp3) is 0.562. The van der Waals surface area contributed by atoms with E-state index < -0.39 is 0 Å². The highest BCUT2D eigenvalue weighted by Crippen LogP contribution is 2.49. The molecule has 1 saturated carbocycles. The first-order chi connectivity index (χ1) is 9.18. The largest absolute Gasteiger partial charge is 0.301 e. The maximum absolute atomic E-state index is 11.2. The number of benzene rings is 1. The van der Waals surface area contributed by atoms with Crippen molar-refractivity contribution in [2.45, 2.75) is 36.9 Å². The summed E-state index contributed by atoms with van der Waals surface area (Å²) in [6.45, 7) is 5.09. The molecule has 0 aromatic heterocycles. The van der Waals surface area contributed by atoms with Crippen molar-refractivity contribution in [3.63, 3.8) is 0 Å². The molecule has 2 nitrogen and oxygen atoms in total. The Morgan fingerprint density at radius 3 is 2.74 bits per heavy atom. The first-order valence-electron chi connectivity index (χ1n) is 7.13. The van der Waals surface area contributed by atoms with Gasteiger partial charge < -0.3 is 4.90 Å². The van der Waals surface area contributed by atoms with Gasteiger partial charge >= 0.3 is 0 Å². The Labute approximate surface area is 119 Å². The molecule has 0 bridgehead atoms. The van der Waals surface area contributed by atoms with E-state index in [-0.39, 0.29) is 5.12 Å². The molecule has 2 aliphatic rings. The highest BCUT2D eigenvalue weighted by Gasteiger charge is 2.46. The minimum Gasteiger partial charge on any atom is -0.301 e. The van der Waals surface area contributed by atoms with Crippen LogP contribution in [0.25, 0.3) is 0 Å². The maximum Gasteiger partial charge on any atom is 0.186 e. The van der Waals surface area contributed by atoms with Crippen LogP contribution in [-0.2, 0) is 10.2 Å². The van der Waals surface area contributed by atoms with Gasteiger partial charge in [0.1, 0.15) is 0 Å². The molecule has 1 aliphatic heterocycles. The number of hydrogen-bond donors (Lipinski definition) is 0. The molecule has 0 amide bonds. The molecule has 1 heterocycles. The van der Waals surface area contributed by atoms with Gasteiger partial charge in [-0.3, -0.25) is 4.79 Å². The van der Waals surface area contributed by atoms with Gasteiger partial charge in [-0.15, -0.1) is 0 Å². The Morgan fingerprint density at radius 2 is 2.11 bits per heavy atom. The van der Waals surface area contributed by atoms with Crippen molar-refractivity contribution in [3.8, 4) is 0 Å². The van der Waals surface area contributed by atoms with E-state index in [1.54, 1.807) is 6.92 Å². The molecule has 1 saturated heterocycles. The molecule has 0 radical (unpaired) electrons. The van der Waals surface area contributed by atoms with E-state index in [1.165, 1.54) is 36.7 Å². The lowest BCUT2D eigenvalue weighted by Gasteiger charge is -2.23. The van der Waals surface area contributed by atoms with Gasteiger partial charge in [-0.05, 0) is 31.4 Å². The molecule has 19 heavy (non-hydrogen) atoms. The molecule has 0 N–H and O–H groups in total. The summed E-state index contributed by atoms with van der Waals surface area (Å²) >= 11 is 1.53. The summed E-state index contributed by atoms with van der Waals surface area (Å²) in [5.74, 6) is 0. The van der Waals surface area contributed by atoms with Crippen LogP contribution in [-0.4, -0.2) is 34.9 Å². The molecule has 2 fully saturated rings. The maximum atomic E-state index is 11.2. The molecule has 0 unspecified atom stereocenters. The van der Waals surface area contributed by atoms with Gasteiger partial charge in [-0.2, -0.15) is 0 Å². The predicted molar refractivity (Wildman–Crippen MR) is 80.5 cm³/mol. The number of thioether (sulfide) groups is 1. The molecule has 3 heteroatoms. The Kier molecular flexibility index (Phi) is 3.68. The number of carbonyl (C=O) groups excluding carboxylic acids is 1. The monoisotopic (exact) mass is 275 g/mol. The molecular weight excluding hydrogens is 254 g/mol. The SMILES string of the molecule is CC(=O)S[C@H]1CCN(CC2(c3ccccc3)CC2)C1. The van der Waals surface area contributed by atoms with Gasteiger partial charge in [0, 0.05) is 30.7 Å². The third kappa shape index (κ3) is 3.03. The van der Waals surface area contributed by atoms with Crippen molar-refractivity contribution < 1.29 is 4.79 Å². The normalized spacial score (nSPS) is 25.4. The van der Waals surface area contributed by atoms with Crippen LogP contribution in [0.4, 0.5) is 0 Å². The Balaban J connectivity index is 1.59. The quantitative estimate of drug-likeness (QED) is 0.842. The standard InChI is InChI=1S/C16H21NOS/c1-13(18)19-15-7-10-17(11-15)12-16(8-9-16)14-5-3-2-4-6-14/h2-6,15H,7-12H2,1H3/t15-/m0/s1. The molecule has 1 aliphatic carbocycles. The summed E-state index contributed by atoms with van der Waals surface area (Å²) in [7, 11) is 0. The van der Waals surface area contributed by atoms with Crippen molar-refractivity contribution in [3.05, 3.63) is 35.9 Å². The van der Waals surface area contributed by atoms with Gasteiger partial charge in [-0.25, -0.2) is 0 Å². The van der Waals surface area contributed by atoms with Crippen LogP contribution in [0.2, 0.25) is 0 Å². The van der Waals surface area contributed by atoms with Crippen LogP contribution in [0.5, 0.6) is 0 Å². The van der Waals surface area contributed by atoms with Crippen molar-refractivity contribution in [1.29, 1.82) is 0 Å². The lowest BCUT2D eigenvalue weighted by atomic mass is 9.95. The summed E-state index contributed by atoms with van der Waals surface area (Å²) < 4.78 is 0. The Morgan fingerprint density at radius 1 is 1.37 bits per heavy atom. The summed E-state index contributed by atoms with van der Waals surface area (Å²) in [6, 6.07) is 10.9. The fourth-order valence-electron chi connectivity index (χ4n) is 3.18. The average molecular weight is 275 g/mol. The summed E-state index contributed by atoms with van der Waals surface area (Å²) in [6.07, 6.45) is 3.80. The summed E-state index contributed by atoms with van der Waals surface area (Å²) in [4.78, 5) is 13.7. The van der Waals surface area contributed by atoms with E-state index in [1.807, 2.05) is 0 Å². The van der Waals surface area contributed by atoms with E-state index in [0.29, 0.717) is 10.7 Å². The minimum atomic E-state index is 0.260. The van der Waals surface area contributed by atoms with E-state index in [0.717, 1.165) is 19.5 Å². The fourth-order valence-corrected chi connectivity index (χ4v) is 4.16. The molecule has 1 atom stereocenters. The molecule has 102 valence electrons. The molecule has 1 aromatic rings. The number of nitrogens with zero attached hydrogens (tertiary/aromatic N) is 1. The highest BCUT2D eigenvalue weighted by molar-refractivity contribution is 8.14. The van der Waals surface area contributed by atoms with Gasteiger partial charge in [0.2, 0.25) is 0 Å². The van der Waals surface area contributed by atoms with Gasteiger partial charge in [-0.1, -0.05) is 42.1 Å². The van der Waals surface area contributed by atoms with Crippen molar-refractivity contribution in [1.82, 2.24) is 4.90 Å². The first kappa shape index (κ1) is 13.2. The smallest absolute Gasteiger partial charge is 0.186 e. The van der Waals surface area contributed by atoms with Crippen molar-refractivity contribution >= 4 is 16.9 Å². The lowest BCUT2D eigenvalue weighted by Crippen LogP contribution is -2.31. The second kappa shape index (κ2) is 5.29. The van der Waals surface area contributed by atoms with E-state index >= 15 is 0 Å². The van der Waals surface area contributed by atoms with E-state index in [2.05, 4.69) is 35.2 Å². The third-order valence-electron chi connectivity index (χ3n) is 4.33. The zero-order valence-corrected chi connectivity index (χ0v) is 12.3. The van der Waals surface area contributed by atoms with Gasteiger partial charge in [0.05, 0.1) is 0 Å². The van der Waals surface area contributed by atoms with Crippen LogP contribution < -0.4 is 0 Å².